The van der Waals surface area contributed by atoms with E-state index in [0.29, 0.717) is 16.5 Å². The Morgan fingerprint density at radius 3 is 2.61 bits per heavy atom. The number of aryl methyl sites for hydroxylation is 1. The summed E-state index contributed by atoms with van der Waals surface area (Å²) in [6.07, 6.45) is 4.85. The van der Waals surface area contributed by atoms with E-state index in [1.165, 1.54) is 7.11 Å². The van der Waals surface area contributed by atoms with Crippen molar-refractivity contribution in [1.29, 1.82) is 0 Å². The van der Waals surface area contributed by atoms with Crippen LogP contribution in [-0.4, -0.2) is 36.4 Å². The van der Waals surface area contributed by atoms with Gasteiger partial charge in [-0.25, -0.2) is 8.42 Å². The zero-order valence-electron chi connectivity index (χ0n) is 17.3. The van der Waals surface area contributed by atoms with Crippen LogP contribution in [0.4, 0.5) is 11.4 Å². The summed E-state index contributed by atoms with van der Waals surface area (Å²) in [6, 6.07) is 14.8. The Morgan fingerprint density at radius 2 is 2.00 bits per heavy atom. The zero-order valence-corrected chi connectivity index (χ0v) is 18.9. The zero-order chi connectivity index (χ0) is 22.2. The minimum absolute atomic E-state index is 0.165. The number of thiocarbonyl (C=S) groups is 1. The Balaban J connectivity index is 1.81. The van der Waals surface area contributed by atoms with Crippen LogP contribution < -0.4 is 19.7 Å². The molecule has 1 aliphatic heterocycles. The lowest BCUT2D eigenvalue weighted by atomic mass is 10.0. The van der Waals surface area contributed by atoms with Crippen molar-refractivity contribution in [2.45, 2.75) is 12.1 Å². The molecule has 4 rings (SSSR count). The lowest BCUT2D eigenvalue weighted by molar-refractivity contribution is 0.417. The highest BCUT2D eigenvalue weighted by Gasteiger charge is 2.42. The minimum Gasteiger partial charge on any atom is -0.494 e. The van der Waals surface area contributed by atoms with Gasteiger partial charge in [-0.1, -0.05) is 6.07 Å². The van der Waals surface area contributed by atoms with Crippen molar-refractivity contribution >= 4 is 38.7 Å². The van der Waals surface area contributed by atoms with Crippen LogP contribution >= 0.6 is 12.2 Å². The number of nitrogens with one attached hydrogen (secondary N) is 2. The predicted molar refractivity (Wildman–Crippen MR) is 125 cm³/mol. The highest BCUT2D eigenvalue weighted by molar-refractivity contribution is 7.92. The standard InChI is InChI=1S/C21H23N5O3S2/c1-25-12-6-8-17(25)20-19(16-7-4-5-11-22-16)23-21(30)26(20)14-9-10-15(18(13-14)29-2)24-31(3,27)28/h4-13,19-20,24H,1-3H3,(H,23,30)/t19-,20-/m0/s1. The van der Waals surface area contributed by atoms with Crippen molar-refractivity contribution in [1.82, 2.24) is 14.9 Å². The smallest absolute Gasteiger partial charge is 0.229 e. The molecule has 3 aromatic rings. The van der Waals surface area contributed by atoms with Crippen molar-refractivity contribution in [2.24, 2.45) is 7.05 Å². The predicted octanol–water partition coefficient (Wildman–Crippen LogP) is 2.98. The summed E-state index contributed by atoms with van der Waals surface area (Å²) in [4.78, 5) is 6.55. The number of benzene rings is 1. The molecule has 2 atom stereocenters. The third kappa shape index (κ3) is 4.21. The van der Waals surface area contributed by atoms with Gasteiger partial charge in [0.15, 0.2) is 5.11 Å². The number of ether oxygens (including phenoxy) is 1. The van der Waals surface area contributed by atoms with Gasteiger partial charge in [0.2, 0.25) is 10.0 Å². The number of rotatable bonds is 6. The van der Waals surface area contributed by atoms with Gasteiger partial charge < -0.3 is 19.5 Å². The summed E-state index contributed by atoms with van der Waals surface area (Å²) in [5.41, 5.74) is 3.07. The first-order valence-corrected chi connectivity index (χ1v) is 11.9. The third-order valence-corrected chi connectivity index (χ3v) is 6.05. The molecule has 31 heavy (non-hydrogen) atoms. The van der Waals surface area contributed by atoms with Crippen molar-refractivity contribution in [2.75, 3.05) is 23.0 Å². The van der Waals surface area contributed by atoms with E-state index in [1.807, 2.05) is 48.5 Å². The molecule has 1 aromatic carbocycles. The average molecular weight is 458 g/mol. The number of methoxy groups -OCH3 is 1. The van der Waals surface area contributed by atoms with Gasteiger partial charge in [-0.05, 0) is 48.6 Å². The molecule has 10 heteroatoms. The van der Waals surface area contributed by atoms with Gasteiger partial charge in [0.1, 0.15) is 11.8 Å². The molecular weight excluding hydrogens is 434 g/mol. The summed E-state index contributed by atoms with van der Waals surface area (Å²) in [6.45, 7) is 0. The number of pyridine rings is 1. The fraction of sp³-hybridized carbons (Fsp3) is 0.238. The highest BCUT2D eigenvalue weighted by atomic mass is 32.2. The maximum Gasteiger partial charge on any atom is 0.229 e. The molecule has 0 bridgehead atoms. The Labute approximate surface area is 186 Å². The molecule has 1 fully saturated rings. The van der Waals surface area contributed by atoms with E-state index in [0.717, 1.165) is 23.3 Å². The lowest BCUT2D eigenvalue weighted by Gasteiger charge is -2.28. The molecule has 162 valence electrons. The molecule has 2 N–H and O–H groups in total. The molecule has 1 saturated heterocycles. The Kier molecular flexibility index (Phi) is 5.59. The van der Waals surface area contributed by atoms with Crippen LogP contribution in [0.1, 0.15) is 23.5 Å². The van der Waals surface area contributed by atoms with Gasteiger partial charge in [-0.15, -0.1) is 0 Å². The maximum absolute atomic E-state index is 11.7. The van der Waals surface area contributed by atoms with Crippen molar-refractivity contribution in [3.8, 4) is 5.75 Å². The monoisotopic (exact) mass is 457 g/mol. The Hall–Kier alpha value is -3.11. The molecule has 0 aliphatic carbocycles. The molecule has 0 unspecified atom stereocenters. The van der Waals surface area contributed by atoms with E-state index in [9.17, 15) is 8.42 Å². The van der Waals surface area contributed by atoms with Crippen molar-refractivity contribution < 1.29 is 13.2 Å². The number of anilines is 2. The normalized spacial score (nSPS) is 18.7. The fourth-order valence-corrected chi connectivity index (χ4v) is 4.74. The first kappa shape index (κ1) is 21.1. The third-order valence-electron chi connectivity index (χ3n) is 5.14. The fourth-order valence-electron chi connectivity index (χ4n) is 3.83. The van der Waals surface area contributed by atoms with Gasteiger partial charge in [0, 0.05) is 36.9 Å². The minimum atomic E-state index is -3.44. The average Bonchev–Trinajstić information content (AvgIpc) is 3.30. The van der Waals surface area contributed by atoms with E-state index in [4.69, 9.17) is 17.0 Å². The summed E-state index contributed by atoms with van der Waals surface area (Å²) in [7, 11) is 0.0463. The number of hydrogen-bond acceptors (Lipinski definition) is 5. The second-order valence-corrected chi connectivity index (χ2v) is 9.43. The first-order chi connectivity index (χ1) is 14.8. The van der Waals surface area contributed by atoms with Gasteiger partial charge in [-0.2, -0.15) is 0 Å². The summed E-state index contributed by atoms with van der Waals surface area (Å²) in [5, 5.41) is 3.95. The largest absolute Gasteiger partial charge is 0.494 e. The SMILES string of the molecule is COc1cc(N2C(=S)N[C@@H](c3ccccn3)[C@@H]2c2cccn2C)ccc1NS(C)(=O)=O. The Bertz CT molecular complexity index is 1210. The Morgan fingerprint density at radius 1 is 1.19 bits per heavy atom. The second-order valence-electron chi connectivity index (χ2n) is 7.30. The van der Waals surface area contributed by atoms with E-state index >= 15 is 0 Å². The van der Waals surface area contributed by atoms with Gasteiger partial charge >= 0.3 is 0 Å². The molecule has 2 aromatic heterocycles. The first-order valence-electron chi connectivity index (χ1n) is 9.56. The number of sulfonamides is 1. The van der Waals surface area contributed by atoms with E-state index < -0.39 is 10.0 Å². The summed E-state index contributed by atoms with van der Waals surface area (Å²) >= 11 is 5.72. The van der Waals surface area contributed by atoms with E-state index in [2.05, 4.69) is 25.7 Å². The van der Waals surface area contributed by atoms with Crippen molar-refractivity contribution in [3.63, 3.8) is 0 Å². The summed E-state index contributed by atoms with van der Waals surface area (Å²) < 4.78 is 33.4. The van der Waals surface area contributed by atoms with Crippen LogP contribution in [0.15, 0.2) is 60.9 Å². The van der Waals surface area contributed by atoms with E-state index in [1.54, 1.807) is 18.3 Å². The van der Waals surface area contributed by atoms with Gasteiger partial charge in [0.05, 0.1) is 30.8 Å². The topological polar surface area (TPSA) is 88.5 Å². The van der Waals surface area contributed by atoms with Crippen LogP contribution in [0, 0.1) is 0 Å². The molecule has 0 spiro atoms. The summed E-state index contributed by atoms with van der Waals surface area (Å²) in [5.74, 6) is 0.401. The van der Waals surface area contributed by atoms with Crippen molar-refractivity contribution in [3.05, 3.63) is 72.3 Å². The lowest BCUT2D eigenvalue weighted by Crippen LogP contribution is -2.30. The van der Waals surface area contributed by atoms with Gasteiger partial charge in [0.25, 0.3) is 0 Å². The molecule has 1 aliphatic rings. The maximum atomic E-state index is 11.7. The molecule has 0 amide bonds. The molecule has 8 nitrogen and oxygen atoms in total. The molecule has 0 saturated carbocycles. The van der Waals surface area contributed by atoms with Crippen LogP contribution in [-0.2, 0) is 17.1 Å². The molecular formula is C21H23N5O3S2. The van der Waals surface area contributed by atoms with Crippen LogP contribution in [0.3, 0.4) is 0 Å². The quantitative estimate of drug-likeness (QED) is 0.550. The van der Waals surface area contributed by atoms with Crippen LogP contribution in [0.2, 0.25) is 0 Å². The van der Waals surface area contributed by atoms with Crippen LogP contribution in [0.5, 0.6) is 5.75 Å². The number of nitrogens with zero attached hydrogens (tertiary/aromatic N) is 3. The number of aromatic nitrogens is 2. The van der Waals surface area contributed by atoms with Gasteiger partial charge in [-0.3, -0.25) is 9.71 Å². The second kappa shape index (κ2) is 8.20. The number of hydrogen-bond donors (Lipinski definition) is 2. The van der Waals surface area contributed by atoms with E-state index in [-0.39, 0.29) is 12.1 Å². The molecule has 3 heterocycles. The highest BCUT2D eigenvalue weighted by Crippen LogP contribution is 2.43. The molecule has 0 radical (unpaired) electrons. The van der Waals surface area contributed by atoms with Crippen LogP contribution in [0.25, 0.3) is 0 Å².